The Labute approximate surface area is 178 Å². The fraction of sp³-hybridized carbons (Fsp3) is 0.250. The van der Waals surface area contributed by atoms with Crippen molar-refractivity contribution in [3.63, 3.8) is 0 Å². The summed E-state index contributed by atoms with van der Waals surface area (Å²) in [4.78, 5) is 25.4. The Bertz CT molecular complexity index is 1350. The third kappa shape index (κ3) is 4.03. The summed E-state index contributed by atoms with van der Waals surface area (Å²) in [6.07, 6.45) is -4.71. The summed E-state index contributed by atoms with van der Waals surface area (Å²) >= 11 is 0. The van der Waals surface area contributed by atoms with Gasteiger partial charge in [-0.15, -0.1) is 5.10 Å². The van der Waals surface area contributed by atoms with Gasteiger partial charge in [-0.25, -0.2) is 23.3 Å². The van der Waals surface area contributed by atoms with Gasteiger partial charge in [-0.3, -0.25) is 9.97 Å². The zero-order chi connectivity index (χ0) is 23.2. The first-order chi connectivity index (χ1) is 15.0. The standard InChI is InChI=1S/C20H17F4N7O/c1-10-7-12(8-11(2)27-10)15-16(14-4-3-13(21)9-26-14)28-18(25)31-17(15)29-30(19(31)32)6-5-20(22,23)24/h3-4,7-9H,5-6H2,1-2H3,(H2,25,28). The van der Waals surface area contributed by atoms with E-state index < -0.39 is 30.6 Å². The second-order valence-electron chi connectivity index (χ2n) is 7.22. The number of pyridine rings is 2. The monoisotopic (exact) mass is 447 g/mol. The maximum Gasteiger partial charge on any atom is 0.390 e. The maximum absolute atomic E-state index is 13.4. The van der Waals surface area contributed by atoms with Gasteiger partial charge in [0.1, 0.15) is 11.5 Å². The van der Waals surface area contributed by atoms with Crippen molar-refractivity contribution in [2.45, 2.75) is 33.0 Å². The van der Waals surface area contributed by atoms with E-state index in [0.717, 1.165) is 10.6 Å². The van der Waals surface area contributed by atoms with Crippen LogP contribution in [0.15, 0.2) is 35.3 Å². The van der Waals surface area contributed by atoms with Gasteiger partial charge < -0.3 is 5.73 Å². The van der Waals surface area contributed by atoms with Gasteiger partial charge in [-0.2, -0.15) is 13.2 Å². The Morgan fingerprint density at radius 2 is 1.78 bits per heavy atom. The van der Waals surface area contributed by atoms with Gasteiger partial charge in [0.2, 0.25) is 5.95 Å². The largest absolute Gasteiger partial charge is 0.390 e. The van der Waals surface area contributed by atoms with Crippen molar-refractivity contribution in [3.05, 3.63) is 58.2 Å². The van der Waals surface area contributed by atoms with Crippen LogP contribution in [0.5, 0.6) is 0 Å². The summed E-state index contributed by atoms with van der Waals surface area (Å²) in [6, 6.07) is 6.00. The minimum absolute atomic E-state index is 0.01000. The van der Waals surface area contributed by atoms with E-state index in [1.807, 2.05) is 0 Å². The van der Waals surface area contributed by atoms with Crippen LogP contribution in [0.1, 0.15) is 17.8 Å². The number of alkyl halides is 3. The summed E-state index contributed by atoms with van der Waals surface area (Å²) in [5, 5.41) is 4.14. The molecular formula is C20H17F4N7O. The molecule has 0 saturated heterocycles. The van der Waals surface area contributed by atoms with E-state index >= 15 is 0 Å². The van der Waals surface area contributed by atoms with E-state index in [1.54, 1.807) is 26.0 Å². The Morgan fingerprint density at radius 1 is 1.09 bits per heavy atom. The Kier molecular flexibility index (Phi) is 5.15. The van der Waals surface area contributed by atoms with Crippen LogP contribution in [0.4, 0.5) is 23.5 Å². The SMILES string of the molecule is Cc1cc(-c2c(-c3ccc(F)cn3)nc(N)n3c(=O)n(CCC(F)(F)F)nc23)cc(C)n1. The van der Waals surface area contributed by atoms with Crippen LogP contribution in [0.3, 0.4) is 0 Å². The minimum atomic E-state index is -4.47. The van der Waals surface area contributed by atoms with E-state index in [2.05, 4.69) is 20.1 Å². The predicted molar refractivity (Wildman–Crippen MR) is 108 cm³/mol. The van der Waals surface area contributed by atoms with Crippen LogP contribution in [0.2, 0.25) is 0 Å². The van der Waals surface area contributed by atoms with Crippen molar-refractivity contribution in [3.8, 4) is 22.5 Å². The number of aromatic nitrogens is 6. The second-order valence-corrected chi connectivity index (χ2v) is 7.22. The predicted octanol–water partition coefficient (Wildman–Crippen LogP) is 3.31. The van der Waals surface area contributed by atoms with Crippen molar-refractivity contribution < 1.29 is 17.6 Å². The molecule has 0 aliphatic heterocycles. The number of fused-ring (bicyclic) bond motifs is 1. The highest BCUT2D eigenvalue weighted by molar-refractivity contribution is 5.89. The number of rotatable bonds is 4. The molecule has 2 N–H and O–H groups in total. The van der Waals surface area contributed by atoms with Crippen LogP contribution in [-0.2, 0) is 6.54 Å². The lowest BCUT2D eigenvalue weighted by molar-refractivity contribution is -0.137. The molecule has 166 valence electrons. The van der Waals surface area contributed by atoms with Crippen LogP contribution < -0.4 is 11.4 Å². The maximum atomic E-state index is 13.4. The molecule has 0 atom stereocenters. The fourth-order valence-electron chi connectivity index (χ4n) is 3.43. The average Bonchev–Trinajstić information content (AvgIpc) is 3.02. The fourth-order valence-corrected chi connectivity index (χ4v) is 3.43. The van der Waals surface area contributed by atoms with Crippen molar-refractivity contribution in [1.82, 2.24) is 29.1 Å². The van der Waals surface area contributed by atoms with E-state index in [0.29, 0.717) is 27.2 Å². The first-order valence-electron chi connectivity index (χ1n) is 9.47. The average molecular weight is 447 g/mol. The van der Waals surface area contributed by atoms with Gasteiger partial charge in [0.25, 0.3) is 0 Å². The van der Waals surface area contributed by atoms with Crippen molar-refractivity contribution >= 4 is 11.6 Å². The number of hydrogen-bond donors (Lipinski definition) is 1. The molecule has 0 fully saturated rings. The molecular weight excluding hydrogens is 430 g/mol. The second kappa shape index (κ2) is 7.70. The zero-order valence-corrected chi connectivity index (χ0v) is 17.0. The Balaban J connectivity index is 2.05. The minimum Gasteiger partial charge on any atom is -0.369 e. The molecule has 0 unspecified atom stereocenters. The number of nitrogens with two attached hydrogens (primary N) is 1. The quantitative estimate of drug-likeness (QED) is 0.482. The van der Waals surface area contributed by atoms with E-state index in [9.17, 15) is 22.4 Å². The summed E-state index contributed by atoms with van der Waals surface area (Å²) in [5.41, 5.74) is 7.79. The molecule has 0 saturated carbocycles. The van der Waals surface area contributed by atoms with Gasteiger partial charge in [-0.05, 0) is 43.7 Å². The van der Waals surface area contributed by atoms with Crippen molar-refractivity contribution in [2.75, 3.05) is 5.73 Å². The molecule has 0 amide bonds. The van der Waals surface area contributed by atoms with Gasteiger partial charge in [0, 0.05) is 11.4 Å². The molecule has 4 aromatic heterocycles. The highest BCUT2D eigenvalue weighted by atomic mass is 19.4. The third-order valence-electron chi connectivity index (χ3n) is 4.70. The molecule has 32 heavy (non-hydrogen) atoms. The van der Waals surface area contributed by atoms with Crippen LogP contribution in [-0.4, -0.2) is 35.3 Å². The molecule has 0 bridgehead atoms. The normalized spacial score (nSPS) is 11.9. The highest BCUT2D eigenvalue weighted by Gasteiger charge is 2.28. The molecule has 4 heterocycles. The van der Waals surface area contributed by atoms with Crippen LogP contribution in [0.25, 0.3) is 28.2 Å². The summed E-state index contributed by atoms with van der Waals surface area (Å²) in [7, 11) is 0. The van der Waals surface area contributed by atoms with Gasteiger partial charge >= 0.3 is 11.9 Å². The molecule has 12 heteroatoms. The van der Waals surface area contributed by atoms with E-state index in [-0.39, 0.29) is 23.0 Å². The lowest BCUT2D eigenvalue weighted by Gasteiger charge is -2.12. The van der Waals surface area contributed by atoms with E-state index in [1.165, 1.54) is 12.1 Å². The topological polar surface area (TPSA) is 104 Å². The molecule has 0 aromatic carbocycles. The first kappa shape index (κ1) is 21.4. The molecule has 0 aliphatic carbocycles. The van der Waals surface area contributed by atoms with Crippen molar-refractivity contribution in [1.29, 1.82) is 0 Å². The number of halogens is 4. The number of anilines is 1. The zero-order valence-electron chi connectivity index (χ0n) is 17.0. The molecule has 0 radical (unpaired) electrons. The van der Waals surface area contributed by atoms with Gasteiger partial charge in [0.05, 0.1) is 30.4 Å². The number of nitrogen functional groups attached to an aromatic ring is 1. The molecule has 8 nitrogen and oxygen atoms in total. The van der Waals surface area contributed by atoms with Gasteiger partial charge in [-0.1, -0.05) is 0 Å². The highest BCUT2D eigenvalue weighted by Crippen LogP contribution is 2.34. The lowest BCUT2D eigenvalue weighted by Crippen LogP contribution is -2.25. The van der Waals surface area contributed by atoms with Gasteiger partial charge in [0.15, 0.2) is 5.65 Å². The van der Waals surface area contributed by atoms with Crippen LogP contribution in [0, 0.1) is 19.7 Å². The number of hydrogen-bond acceptors (Lipinski definition) is 6. The Morgan fingerprint density at radius 3 is 2.38 bits per heavy atom. The smallest absolute Gasteiger partial charge is 0.369 e. The molecule has 4 aromatic rings. The van der Waals surface area contributed by atoms with Crippen LogP contribution >= 0.6 is 0 Å². The molecule has 0 spiro atoms. The third-order valence-corrected chi connectivity index (χ3v) is 4.70. The summed E-state index contributed by atoms with van der Waals surface area (Å²) in [5.74, 6) is -0.844. The summed E-state index contributed by atoms with van der Waals surface area (Å²) in [6.45, 7) is 2.85. The number of nitrogens with zero attached hydrogens (tertiary/aromatic N) is 6. The van der Waals surface area contributed by atoms with E-state index in [4.69, 9.17) is 5.73 Å². The first-order valence-corrected chi connectivity index (χ1v) is 9.47. The number of aryl methyl sites for hydroxylation is 3. The Hall–Kier alpha value is -3.83. The molecule has 4 rings (SSSR count). The van der Waals surface area contributed by atoms with Crippen molar-refractivity contribution in [2.24, 2.45) is 0 Å². The molecule has 0 aliphatic rings. The lowest BCUT2D eigenvalue weighted by atomic mass is 10.0. The summed E-state index contributed by atoms with van der Waals surface area (Å²) < 4.78 is 53.3.